The highest BCUT2D eigenvalue weighted by molar-refractivity contribution is 5.77. The lowest BCUT2D eigenvalue weighted by Gasteiger charge is -2.22. The Balaban J connectivity index is 1.82. The van der Waals surface area contributed by atoms with Crippen molar-refractivity contribution in [1.29, 1.82) is 0 Å². The lowest BCUT2D eigenvalue weighted by atomic mass is 10.0. The summed E-state index contributed by atoms with van der Waals surface area (Å²) in [5, 5.41) is 0. The molecule has 0 atom stereocenters. The number of hydrogen-bond acceptors (Lipinski definition) is 3. The predicted molar refractivity (Wildman–Crippen MR) is 94.1 cm³/mol. The number of hydrogen-bond donors (Lipinski definition) is 0. The van der Waals surface area contributed by atoms with E-state index in [1.807, 2.05) is 14.0 Å². The third kappa shape index (κ3) is 5.24. The van der Waals surface area contributed by atoms with Crippen LogP contribution >= 0.6 is 0 Å². The normalized spacial score (nSPS) is 15.2. The Bertz CT molecular complexity index is 522. The molecule has 1 aromatic rings. The number of aryl methyl sites for hydroxylation is 1. The molecule has 0 aliphatic carbocycles. The third-order valence-electron chi connectivity index (χ3n) is 4.61. The molecule has 0 spiro atoms. The predicted octanol–water partition coefficient (Wildman–Crippen LogP) is 3.05. The van der Waals surface area contributed by atoms with E-state index in [1.165, 1.54) is 31.5 Å². The fraction of sp³-hybridized carbons (Fsp3) is 0.632. The van der Waals surface area contributed by atoms with Crippen molar-refractivity contribution in [3.8, 4) is 5.75 Å². The monoisotopic (exact) mass is 318 g/mol. The molecule has 1 aliphatic rings. The van der Waals surface area contributed by atoms with E-state index in [0.717, 1.165) is 24.4 Å². The van der Waals surface area contributed by atoms with Gasteiger partial charge in [0, 0.05) is 20.1 Å². The summed E-state index contributed by atoms with van der Waals surface area (Å²) in [6.45, 7) is 10.5. The topological polar surface area (TPSA) is 32.8 Å². The molecule has 0 unspecified atom stereocenters. The van der Waals surface area contributed by atoms with Gasteiger partial charge in [-0.1, -0.05) is 26.0 Å². The average Bonchev–Trinajstić information content (AvgIpc) is 3.04. The second kappa shape index (κ2) is 8.34. The fourth-order valence-corrected chi connectivity index (χ4v) is 2.80. The zero-order valence-electron chi connectivity index (χ0n) is 15.0. The summed E-state index contributed by atoms with van der Waals surface area (Å²) in [4.78, 5) is 16.4. The SMILES string of the molecule is Cc1ccc(C(C)C)cc1OCC(=O)N(C)CCN1CCCC1. The number of amides is 1. The molecule has 0 radical (unpaired) electrons. The smallest absolute Gasteiger partial charge is 0.260 e. The summed E-state index contributed by atoms with van der Waals surface area (Å²) in [5.41, 5.74) is 2.31. The van der Waals surface area contributed by atoms with Crippen molar-refractivity contribution in [2.45, 2.75) is 39.5 Å². The van der Waals surface area contributed by atoms with Gasteiger partial charge in [-0.05, 0) is 56.0 Å². The molecule has 4 heteroatoms. The van der Waals surface area contributed by atoms with E-state index in [4.69, 9.17) is 4.74 Å². The quantitative estimate of drug-likeness (QED) is 0.774. The highest BCUT2D eigenvalue weighted by Gasteiger charge is 2.15. The lowest BCUT2D eigenvalue weighted by molar-refractivity contribution is -0.132. The van der Waals surface area contributed by atoms with Crippen LogP contribution in [0.1, 0.15) is 43.7 Å². The standard InChI is InChI=1S/C19H30N2O2/c1-15(2)17-8-7-16(3)18(13-17)23-14-19(22)20(4)11-12-21-9-5-6-10-21/h7-8,13,15H,5-6,9-12,14H2,1-4H3. The maximum absolute atomic E-state index is 12.2. The Kier molecular flexibility index (Phi) is 6.46. The van der Waals surface area contributed by atoms with Gasteiger partial charge in [0.2, 0.25) is 0 Å². The van der Waals surface area contributed by atoms with Gasteiger partial charge >= 0.3 is 0 Å². The van der Waals surface area contributed by atoms with Gasteiger partial charge in [0.15, 0.2) is 6.61 Å². The van der Waals surface area contributed by atoms with E-state index >= 15 is 0 Å². The van der Waals surface area contributed by atoms with Crippen molar-refractivity contribution in [3.63, 3.8) is 0 Å². The van der Waals surface area contributed by atoms with E-state index in [9.17, 15) is 4.79 Å². The van der Waals surface area contributed by atoms with Crippen molar-refractivity contribution in [3.05, 3.63) is 29.3 Å². The van der Waals surface area contributed by atoms with Crippen molar-refractivity contribution >= 4 is 5.91 Å². The van der Waals surface area contributed by atoms with E-state index in [-0.39, 0.29) is 12.5 Å². The minimum atomic E-state index is 0.0403. The Morgan fingerprint density at radius 1 is 1.30 bits per heavy atom. The summed E-state index contributed by atoms with van der Waals surface area (Å²) in [6.07, 6.45) is 2.57. The van der Waals surface area contributed by atoms with Crippen LogP contribution in [0.3, 0.4) is 0 Å². The summed E-state index contributed by atoms with van der Waals surface area (Å²) in [5.74, 6) is 1.31. The molecule has 1 aliphatic heterocycles. The Labute approximate surface area is 140 Å². The maximum atomic E-state index is 12.2. The minimum absolute atomic E-state index is 0.0403. The van der Waals surface area contributed by atoms with E-state index in [2.05, 4.69) is 36.9 Å². The summed E-state index contributed by atoms with van der Waals surface area (Å²) in [6, 6.07) is 6.24. The van der Waals surface area contributed by atoms with Crippen LogP contribution in [0.5, 0.6) is 5.75 Å². The van der Waals surface area contributed by atoms with Gasteiger partial charge in [-0.2, -0.15) is 0 Å². The maximum Gasteiger partial charge on any atom is 0.260 e. The molecular formula is C19H30N2O2. The molecule has 1 fully saturated rings. The molecule has 1 saturated heterocycles. The van der Waals surface area contributed by atoms with Crippen molar-refractivity contribution in [2.75, 3.05) is 39.8 Å². The molecule has 1 aromatic carbocycles. The van der Waals surface area contributed by atoms with E-state index < -0.39 is 0 Å². The van der Waals surface area contributed by atoms with Gasteiger partial charge in [0.1, 0.15) is 5.75 Å². The van der Waals surface area contributed by atoms with Gasteiger partial charge in [-0.25, -0.2) is 0 Å². The van der Waals surface area contributed by atoms with Gasteiger partial charge in [0.25, 0.3) is 5.91 Å². The zero-order chi connectivity index (χ0) is 16.8. The Morgan fingerprint density at radius 3 is 2.65 bits per heavy atom. The average molecular weight is 318 g/mol. The molecule has 1 heterocycles. The first-order valence-corrected chi connectivity index (χ1v) is 8.67. The molecule has 0 N–H and O–H groups in total. The zero-order valence-corrected chi connectivity index (χ0v) is 15.0. The highest BCUT2D eigenvalue weighted by Crippen LogP contribution is 2.24. The Hall–Kier alpha value is -1.55. The lowest BCUT2D eigenvalue weighted by Crippen LogP contribution is -2.37. The van der Waals surface area contributed by atoms with Crippen LogP contribution < -0.4 is 4.74 Å². The van der Waals surface area contributed by atoms with Crippen molar-refractivity contribution in [1.82, 2.24) is 9.80 Å². The van der Waals surface area contributed by atoms with Crippen LogP contribution in [-0.2, 0) is 4.79 Å². The molecule has 1 amide bonds. The van der Waals surface area contributed by atoms with E-state index in [0.29, 0.717) is 5.92 Å². The molecule has 0 aromatic heterocycles. The van der Waals surface area contributed by atoms with Crippen molar-refractivity contribution in [2.24, 2.45) is 0 Å². The summed E-state index contributed by atoms with van der Waals surface area (Å²) >= 11 is 0. The summed E-state index contributed by atoms with van der Waals surface area (Å²) < 4.78 is 5.78. The van der Waals surface area contributed by atoms with Crippen LogP contribution in [-0.4, -0.2) is 55.5 Å². The molecule has 0 saturated carbocycles. The number of benzene rings is 1. The van der Waals surface area contributed by atoms with Gasteiger partial charge in [-0.3, -0.25) is 4.79 Å². The first-order chi connectivity index (χ1) is 11.0. The largest absolute Gasteiger partial charge is 0.483 e. The van der Waals surface area contributed by atoms with Crippen LogP contribution in [0.4, 0.5) is 0 Å². The van der Waals surface area contributed by atoms with Crippen LogP contribution in [0.2, 0.25) is 0 Å². The van der Waals surface area contributed by atoms with E-state index in [1.54, 1.807) is 4.90 Å². The number of carbonyl (C=O) groups is 1. The second-order valence-electron chi connectivity index (χ2n) is 6.83. The minimum Gasteiger partial charge on any atom is -0.483 e. The number of ether oxygens (including phenoxy) is 1. The van der Waals surface area contributed by atoms with Gasteiger partial charge < -0.3 is 14.5 Å². The fourth-order valence-electron chi connectivity index (χ4n) is 2.80. The number of carbonyl (C=O) groups excluding carboxylic acids is 1. The summed E-state index contributed by atoms with van der Waals surface area (Å²) in [7, 11) is 1.86. The molecule has 23 heavy (non-hydrogen) atoms. The van der Waals surface area contributed by atoms with Crippen LogP contribution in [0.25, 0.3) is 0 Å². The number of likely N-dealkylation sites (N-methyl/N-ethyl adjacent to an activating group) is 1. The van der Waals surface area contributed by atoms with Crippen LogP contribution in [0, 0.1) is 6.92 Å². The number of rotatable bonds is 7. The van der Waals surface area contributed by atoms with Gasteiger partial charge in [0.05, 0.1) is 0 Å². The third-order valence-corrected chi connectivity index (χ3v) is 4.61. The number of nitrogens with zero attached hydrogens (tertiary/aromatic N) is 2. The molecule has 128 valence electrons. The Morgan fingerprint density at radius 2 is 2.00 bits per heavy atom. The van der Waals surface area contributed by atoms with Crippen molar-refractivity contribution < 1.29 is 9.53 Å². The first-order valence-electron chi connectivity index (χ1n) is 8.67. The highest BCUT2D eigenvalue weighted by atomic mass is 16.5. The first kappa shape index (κ1) is 17.8. The van der Waals surface area contributed by atoms with Crippen LogP contribution in [0.15, 0.2) is 18.2 Å². The van der Waals surface area contributed by atoms with Gasteiger partial charge in [-0.15, -0.1) is 0 Å². The molecule has 4 nitrogen and oxygen atoms in total. The number of likely N-dealkylation sites (tertiary alicyclic amines) is 1. The molecule has 2 rings (SSSR count). The molecule has 0 bridgehead atoms. The second-order valence-corrected chi connectivity index (χ2v) is 6.83. The molecular weight excluding hydrogens is 288 g/mol.